The lowest BCUT2D eigenvalue weighted by Crippen LogP contribution is -2.37. The monoisotopic (exact) mass is 357 g/mol. The predicted molar refractivity (Wildman–Crippen MR) is 104 cm³/mol. The van der Waals surface area contributed by atoms with Crippen molar-refractivity contribution in [3.8, 4) is 10.6 Å². The highest BCUT2D eigenvalue weighted by Gasteiger charge is 2.28. The van der Waals surface area contributed by atoms with Crippen LogP contribution in [0.3, 0.4) is 0 Å². The Morgan fingerprint density at radius 3 is 2.68 bits per heavy atom. The van der Waals surface area contributed by atoms with E-state index in [1.165, 1.54) is 36.2 Å². The van der Waals surface area contributed by atoms with Crippen LogP contribution in [0.25, 0.3) is 10.6 Å². The van der Waals surface area contributed by atoms with Gasteiger partial charge in [0.15, 0.2) is 0 Å². The second kappa shape index (κ2) is 8.56. The zero-order chi connectivity index (χ0) is 17.6. The highest BCUT2D eigenvalue weighted by Crippen LogP contribution is 2.33. The maximum Gasteiger partial charge on any atom is 0.231 e. The fourth-order valence-electron chi connectivity index (χ4n) is 3.43. The number of aryl methyl sites for hydroxylation is 1. The van der Waals surface area contributed by atoms with Crippen LogP contribution < -0.4 is 4.90 Å². The number of amides is 1. The molecule has 1 aliphatic rings. The molecule has 1 aromatic heterocycles. The summed E-state index contributed by atoms with van der Waals surface area (Å²) in [6, 6.07) is 8.20. The predicted octanol–water partition coefficient (Wildman–Crippen LogP) is 5.23. The van der Waals surface area contributed by atoms with E-state index in [9.17, 15) is 4.79 Å². The number of nitrogens with zero attached hydrogens (tertiary/aromatic N) is 3. The number of rotatable bonds is 6. The molecule has 0 radical (unpaired) electrons. The molecule has 0 unspecified atom stereocenters. The van der Waals surface area contributed by atoms with Gasteiger partial charge in [-0.1, -0.05) is 68.2 Å². The van der Waals surface area contributed by atoms with Crippen LogP contribution in [-0.2, 0) is 4.79 Å². The van der Waals surface area contributed by atoms with E-state index in [1.807, 2.05) is 17.0 Å². The Bertz CT molecular complexity index is 706. The number of benzene rings is 1. The summed E-state index contributed by atoms with van der Waals surface area (Å²) >= 11 is 1.53. The Morgan fingerprint density at radius 2 is 1.96 bits per heavy atom. The smallest absolute Gasteiger partial charge is 0.231 e. The fourth-order valence-corrected chi connectivity index (χ4v) is 4.40. The minimum Gasteiger partial charge on any atom is -0.286 e. The van der Waals surface area contributed by atoms with Crippen molar-refractivity contribution in [2.75, 3.05) is 11.4 Å². The number of carbonyl (C=O) groups excluding carboxylic acids is 1. The molecule has 1 amide bonds. The largest absolute Gasteiger partial charge is 0.286 e. The third kappa shape index (κ3) is 4.27. The van der Waals surface area contributed by atoms with Crippen LogP contribution in [0.4, 0.5) is 5.13 Å². The van der Waals surface area contributed by atoms with E-state index in [4.69, 9.17) is 0 Å². The summed E-state index contributed by atoms with van der Waals surface area (Å²) in [7, 11) is 0. The Labute approximate surface area is 154 Å². The zero-order valence-corrected chi connectivity index (χ0v) is 16.0. The normalized spacial score (nSPS) is 15.3. The molecule has 3 rings (SSSR count). The van der Waals surface area contributed by atoms with Gasteiger partial charge >= 0.3 is 0 Å². The maximum atomic E-state index is 13.1. The average molecular weight is 358 g/mol. The maximum absolute atomic E-state index is 13.1. The van der Waals surface area contributed by atoms with Gasteiger partial charge in [0.25, 0.3) is 0 Å². The van der Waals surface area contributed by atoms with E-state index in [0.717, 1.165) is 47.9 Å². The number of carbonyl (C=O) groups is 1. The molecule has 5 heteroatoms. The molecule has 0 N–H and O–H groups in total. The van der Waals surface area contributed by atoms with Crippen LogP contribution >= 0.6 is 11.3 Å². The van der Waals surface area contributed by atoms with Crippen molar-refractivity contribution < 1.29 is 4.79 Å². The molecule has 1 saturated carbocycles. The number of aromatic nitrogens is 2. The van der Waals surface area contributed by atoms with Crippen molar-refractivity contribution in [2.24, 2.45) is 5.92 Å². The van der Waals surface area contributed by atoms with Gasteiger partial charge in [-0.05, 0) is 31.7 Å². The van der Waals surface area contributed by atoms with E-state index in [0.29, 0.717) is 0 Å². The molecule has 25 heavy (non-hydrogen) atoms. The summed E-state index contributed by atoms with van der Waals surface area (Å²) in [5.74, 6) is 0.414. The van der Waals surface area contributed by atoms with Gasteiger partial charge in [-0.3, -0.25) is 9.69 Å². The van der Waals surface area contributed by atoms with Crippen molar-refractivity contribution in [1.29, 1.82) is 0 Å². The quantitative estimate of drug-likeness (QED) is 0.711. The van der Waals surface area contributed by atoms with E-state index >= 15 is 0 Å². The molecular formula is C20H27N3OS. The molecular weight excluding hydrogens is 330 g/mol. The first-order valence-corrected chi connectivity index (χ1v) is 10.2. The van der Waals surface area contributed by atoms with Crippen molar-refractivity contribution in [3.05, 3.63) is 29.8 Å². The highest BCUT2D eigenvalue weighted by molar-refractivity contribution is 7.18. The molecule has 0 spiro atoms. The van der Waals surface area contributed by atoms with Gasteiger partial charge in [0, 0.05) is 18.0 Å². The van der Waals surface area contributed by atoms with Gasteiger partial charge in [0.1, 0.15) is 5.01 Å². The number of unbranched alkanes of at least 4 members (excludes halogenated alkanes) is 1. The Balaban J connectivity index is 1.84. The lowest BCUT2D eigenvalue weighted by molar-refractivity contribution is -0.123. The zero-order valence-electron chi connectivity index (χ0n) is 15.2. The van der Waals surface area contributed by atoms with Crippen LogP contribution in [0, 0.1) is 12.8 Å². The standard InChI is InChI=1S/C20H27N3OS/c1-3-4-14-23(19(24)16-11-6-5-7-12-16)20-22-21-18(25-20)17-13-9-8-10-15(17)2/h8-10,13,16H,3-7,11-12,14H2,1-2H3. The lowest BCUT2D eigenvalue weighted by atomic mass is 9.88. The minimum absolute atomic E-state index is 0.163. The average Bonchev–Trinajstić information content (AvgIpc) is 3.12. The molecule has 4 nitrogen and oxygen atoms in total. The number of anilines is 1. The second-order valence-corrected chi connectivity index (χ2v) is 7.84. The summed E-state index contributed by atoms with van der Waals surface area (Å²) < 4.78 is 0. The van der Waals surface area contributed by atoms with Gasteiger partial charge in [-0.25, -0.2) is 0 Å². The summed E-state index contributed by atoms with van der Waals surface area (Å²) in [6.45, 7) is 4.98. The Hall–Kier alpha value is -1.75. The van der Waals surface area contributed by atoms with Crippen molar-refractivity contribution in [1.82, 2.24) is 10.2 Å². The number of hydrogen-bond acceptors (Lipinski definition) is 4. The molecule has 1 fully saturated rings. The Morgan fingerprint density at radius 1 is 1.20 bits per heavy atom. The fraction of sp³-hybridized carbons (Fsp3) is 0.550. The van der Waals surface area contributed by atoms with Gasteiger partial charge in [-0.2, -0.15) is 0 Å². The van der Waals surface area contributed by atoms with E-state index in [2.05, 4.69) is 36.2 Å². The van der Waals surface area contributed by atoms with E-state index < -0.39 is 0 Å². The van der Waals surface area contributed by atoms with E-state index in [-0.39, 0.29) is 11.8 Å². The minimum atomic E-state index is 0.163. The first kappa shape index (κ1) is 18.1. The summed E-state index contributed by atoms with van der Waals surface area (Å²) in [4.78, 5) is 15.0. The molecule has 0 atom stereocenters. The molecule has 0 aliphatic heterocycles. The third-order valence-corrected chi connectivity index (χ3v) is 5.96. The Kier molecular flexibility index (Phi) is 6.19. The SMILES string of the molecule is CCCCN(C(=O)C1CCCCC1)c1nnc(-c2ccccc2C)s1. The molecule has 0 bridgehead atoms. The first-order chi connectivity index (χ1) is 12.2. The molecule has 0 saturated heterocycles. The van der Waals surface area contributed by atoms with Crippen LogP contribution in [0.1, 0.15) is 57.4 Å². The highest BCUT2D eigenvalue weighted by atomic mass is 32.1. The first-order valence-electron chi connectivity index (χ1n) is 9.41. The van der Waals surface area contributed by atoms with Crippen LogP contribution in [0.2, 0.25) is 0 Å². The van der Waals surface area contributed by atoms with Crippen molar-refractivity contribution in [2.45, 2.75) is 58.8 Å². The van der Waals surface area contributed by atoms with Crippen LogP contribution in [-0.4, -0.2) is 22.6 Å². The van der Waals surface area contributed by atoms with Crippen molar-refractivity contribution in [3.63, 3.8) is 0 Å². The summed E-state index contributed by atoms with van der Waals surface area (Å²) in [5.41, 5.74) is 2.29. The summed E-state index contributed by atoms with van der Waals surface area (Å²) in [5, 5.41) is 10.4. The second-order valence-electron chi connectivity index (χ2n) is 6.88. The lowest BCUT2D eigenvalue weighted by Gasteiger charge is -2.27. The molecule has 1 heterocycles. The van der Waals surface area contributed by atoms with Gasteiger partial charge < -0.3 is 0 Å². The molecule has 1 aliphatic carbocycles. The summed E-state index contributed by atoms with van der Waals surface area (Å²) in [6.07, 6.45) is 7.70. The van der Waals surface area contributed by atoms with Gasteiger partial charge in [0.05, 0.1) is 0 Å². The van der Waals surface area contributed by atoms with E-state index in [1.54, 1.807) is 0 Å². The molecule has 134 valence electrons. The third-order valence-electron chi connectivity index (χ3n) is 4.98. The molecule has 2 aromatic rings. The van der Waals surface area contributed by atoms with Gasteiger partial charge in [-0.15, -0.1) is 10.2 Å². The van der Waals surface area contributed by atoms with Crippen molar-refractivity contribution >= 4 is 22.4 Å². The molecule has 1 aromatic carbocycles. The van der Waals surface area contributed by atoms with Crippen LogP contribution in [0.5, 0.6) is 0 Å². The van der Waals surface area contributed by atoms with Gasteiger partial charge in [0.2, 0.25) is 11.0 Å². The number of hydrogen-bond donors (Lipinski definition) is 0. The van der Waals surface area contributed by atoms with Crippen LogP contribution in [0.15, 0.2) is 24.3 Å². The topological polar surface area (TPSA) is 46.1 Å².